The molecule has 6 heteroatoms. The van der Waals surface area contributed by atoms with Crippen molar-refractivity contribution in [1.82, 2.24) is 5.32 Å². The average molecular weight is 368 g/mol. The Hall–Kier alpha value is -3.15. The number of ether oxygens (including phenoxy) is 1. The highest BCUT2D eigenvalue weighted by Gasteiger charge is 2.27. The van der Waals surface area contributed by atoms with E-state index < -0.39 is 29.7 Å². The number of hydrogen-bond acceptors (Lipinski definition) is 4. The zero-order valence-corrected chi connectivity index (χ0v) is 15.5. The minimum atomic E-state index is -0.962. The molecule has 0 aliphatic carbocycles. The fourth-order valence-corrected chi connectivity index (χ4v) is 2.76. The van der Waals surface area contributed by atoms with Gasteiger partial charge in [-0.3, -0.25) is 14.4 Å². The maximum Gasteiger partial charge on any atom is 0.306 e. The number of rotatable bonds is 8. The Morgan fingerprint density at radius 1 is 1.00 bits per heavy atom. The molecule has 0 aliphatic heterocycles. The first kappa shape index (κ1) is 20.2. The number of hydrogen-bond donors (Lipinski definition) is 2. The predicted molar refractivity (Wildman–Crippen MR) is 103 cm³/mol. The van der Waals surface area contributed by atoms with Gasteiger partial charge in [0, 0.05) is 5.56 Å². The molecular weight excluding hydrogens is 344 g/mol. The summed E-state index contributed by atoms with van der Waals surface area (Å²) in [6, 6.07) is 15.9. The molecule has 0 bridgehead atoms. The standard InChI is InChI=1S/C21H24N2O4/c1-3-27-18(24)13-14(2)19(20(22)25)23-21(26)17-11-9-16(10-12-17)15-7-5-4-6-8-15/h4-12,14,19H,3,13H2,1-2H3,(H2,22,25)(H,23,26)/t14-,19-/m1/s1. The molecule has 0 heterocycles. The van der Waals surface area contributed by atoms with E-state index in [0.29, 0.717) is 5.56 Å². The summed E-state index contributed by atoms with van der Waals surface area (Å²) in [6.07, 6.45) is -0.00529. The summed E-state index contributed by atoms with van der Waals surface area (Å²) < 4.78 is 4.88. The molecule has 0 radical (unpaired) electrons. The molecule has 0 saturated heterocycles. The average Bonchev–Trinajstić information content (AvgIpc) is 2.66. The van der Waals surface area contributed by atoms with Crippen LogP contribution in [0.3, 0.4) is 0 Å². The van der Waals surface area contributed by atoms with Gasteiger partial charge in [0.2, 0.25) is 5.91 Å². The van der Waals surface area contributed by atoms with Crippen LogP contribution < -0.4 is 11.1 Å². The molecule has 2 aromatic rings. The van der Waals surface area contributed by atoms with Crippen LogP contribution in [0.1, 0.15) is 30.6 Å². The normalized spacial score (nSPS) is 12.7. The van der Waals surface area contributed by atoms with Gasteiger partial charge < -0.3 is 15.8 Å². The molecule has 0 unspecified atom stereocenters. The van der Waals surface area contributed by atoms with E-state index in [1.165, 1.54) is 0 Å². The van der Waals surface area contributed by atoms with E-state index in [-0.39, 0.29) is 13.0 Å². The van der Waals surface area contributed by atoms with E-state index in [0.717, 1.165) is 11.1 Å². The molecule has 27 heavy (non-hydrogen) atoms. The Kier molecular flexibility index (Phi) is 7.11. The van der Waals surface area contributed by atoms with Crippen molar-refractivity contribution in [3.05, 3.63) is 60.2 Å². The minimum Gasteiger partial charge on any atom is -0.466 e. The summed E-state index contributed by atoms with van der Waals surface area (Å²) >= 11 is 0. The summed E-state index contributed by atoms with van der Waals surface area (Å²) in [5.41, 5.74) is 7.84. The van der Waals surface area contributed by atoms with E-state index in [1.54, 1.807) is 26.0 Å². The number of carbonyl (C=O) groups is 3. The third kappa shape index (κ3) is 5.67. The molecule has 0 fully saturated rings. The zero-order chi connectivity index (χ0) is 19.8. The molecule has 0 saturated carbocycles. The van der Waals surface area contributed by atoms with Crippen LogP contribution in [0.15, 0.2) is 54.6 Å². The molecule has 6 nitrogen and oxygen atoms in total. The van der Waals surface area contributed by atoms with Gasteiger partial charge in [-0.1, -0.05) is 49.4 Å². The molecule has 2 aromatic carbocycles. The molecule has 2 rings (SSSR count). The number of nitrogens with two attached hydrogens (primary N) is 1. The maximum absolute atomic E-state index is 12.5. The smallest absolute Gasteiger partial charge is 0.306 e. The van der Waals surface area contributed by atoms with Crippen molar-refractivity contribution in [2.75, 3.05) is 6.61 Å². The largest absolute Gasteiger partial charge is 0.466 e. The van der Waals surface area contributed by atoms with Crippen molar-refractivity contribution in [2.45, 2.75) is 26.3 Å². The number of carbonyl (C=O) groups excluding carboxylic acids is 3. The number of primary amides is 1. The second kappa shape index (κ2) is 9.52. The van der Waals surface area contributed by atoms with E-state index in [2.05, 4.69) is 5.32 Å². The Balaban J connectivity index is 2.06. The van der Waals surface area contributed by atoms with Gasteiger partial charge in [0.15, 0.2) is 0 Å². The van der Waals surface area contributed by atoms with Crippen molar-refractivity contribution in [3.8, 4) is 11.1 Å². The highest BCUT2D eigenvalue weighted by Crippen LogP contribution is 2.19. The summed E-state index contributed by atoms with van der Waals surface area (Å²) in [4.78, 5) is 35.9. The topological polar surface area (TPSA) is 98.5 Å². The van der Waals surface area contributed by atoms with Gasteiger partial charge in [0.1, 0.15) is 6.04 Å². The van der Waals surface area contributed by atoms with Crippen LogP contribution in [-0.2, 0) is 14.3 Å². The highest BCUT2D eigenvalue weighted by molar-refractivity contribution is 5.97. The van der Waals surface area contributed by atoms with Gasteiger partial charge in [-0.2, -0.15) is 0 Å². The zero-order valence-electron chi connectivity index (χ0n) is 15.5. The van der Waals surface area contributed by atoms with Crippen molar-refractivity contribution in [1.29, 1.82) is 0 Å². The second-order valence-electron chi connectivity index (χ2n) is 6.28. The van der Waals surface area contributed by atoms with Gasteiger partial charge in [-0.15, -0.1) is 0 Å². The van der Waals surface area contributed by atoms with Crippen molar-refractivity contribution in [3.63, 3.8) is 0 Å². The second-order valence-corrected chi connectivity index (χ2v) is 6.28. The van der Waals surface area contributed by atoms with Gasteiger partial charge in [-0.25, -0.2) is 0 Å². The van der Waals surface area contributed by atoms with Gasteiger partial charge >= 0.3 is 5.97 Å². The molecule has 0 aromatic heterocycles. The van der Waals surface area contributed by atoms with Crippen LogP contribution in [0.4, 0.5) is 0 Å². The Labute approximate surface area is 158 Å². The monoisotopic (exact) mass is 368 g/mol. The first-order valence-electron chi connectivity index (χ1n) is 8.83. The van der Waals surface area contributed by atoms with Crippen LogP contribution in [0.5, 0.6) is 0 Å². The van der Waals surface area contributed by atoms with Gasteiger partial charge in [-0.05, 0) is 36.1 Å². The minimum absolute atomic E-state index is 0.00529. The first-order chi connectivity index (χ1) is 12.9. The molecule has 0 aliphatic rings. The van der Waals surface area contributed by atoms with Crippen LogP contribution >= 0.6 is 0 Å². The Morgan fingerprint density at radius 2 is 1.59 bits per heavy atom. The first-order valence-corrected chi connectivity index (χ1v) is 8.83. The van der Waals surface area contributed by atoms with Gasteiger partial charge in [0.25, 0.3) is 5.91 Å². The maximum atomic E-state index is 12.5. The molecule has 142 valence electrons. The molecule has 2 atom stereocenters. The van der Waals surface area contributed by atoms with E-state index >= 15 is 0 Å². The SMILES string of the molecule is CCOC(=O)C[C@@H](C)[C@@H](NC(=O)c1ccc(-c2ccccc2)cc1)C(N)=O. The molecular formula is C21H24N2O4. The summed E-state index contributed by atoms with van der Waals surface area (Å²) in [5.74, 6) is -2.03. The van der Waals surface area contributed by atoms with Crippen molar-refractivity contribution in [2.24, 2.45) is 11.7 Å². The third-order valence-electron chi connectivity index (χ3n) is 4.21. The predicted octanol–water partition coefficient (Wildman–Crippen LogP) is 2.53. The lowest BCUT2D eigenvalue weighted by Gasteiger charge is -2.21. The Morgan fingerprint density at radius 3 is 2.15 bits per heavy atom. The van der Waals surface area contributed by atoms with E-state index in [4.69, 9.17) is 10.5 Å². The third-order valence-corrected chi connectivity index (χ3v) is 4.21. The summed E-state index contributed by atoms with van der Waals surface area (Å²) in [7, 11) is 0. The summed E-state index contributed by atoms with van der Waals surface area (Å²) in [6.45, 7) is 3.63. The molecule has 3 N–H and O–H groups in total. The molecule has 2 amide bonds. The lowest BCUT2D eigenvalue weighted by atomic mass is 9.97. The molecule has 0 spiro atoms. The van der Waals surface area contributed by atoms with Crippen LogP contribution in [-0.4, -0.2) is 30.4 Å². The van der Waals surface area contributed by atoms with Crippen LogP contribution in [0, 0.1) is 5.92 Å². The fourth-order valence-electron chi connectivity index (χ4n) is 2.76. The number of nitrogens with one attached hydrogen (secondary N) is 1. The quantitative estimate of drug-likeness (QED) is 0.700. The van der Waals surface area contributed by atoms with E-state index in [1.807, 2.05) is 42.5 Å². The van der Waals surface area contributed by atoms with Crippen LogP contribution in [0.25, 0.3) is 11.1 Å². The summed E-state index contributed by atoms with van der Waals surface area (Å²) in [5, 5.41) is 2.62. The lowest BCUT2D eigenvalue weighted by molar-refractivity contribution is -0.144. The highest BCUT2D eigenvalue weighted by atomic mass is 16.5. The lowest BCUT2D eigenvalue weighted by Crippen LogP contribution is -2.49. The number of benzene rings is 2. The van der Waals surface area contributed by atoms with Gasteiger partial charge in [0.05, 0.1) is 13.0 Å². The van der Waals surface area contributed by atoms with Crippen molar-refractivity contribution < 1.29 is 19.1 Å². The van der Waals surface area contributed by atoms with E-state index in [9.17, 15) is 14.4 Å². The number of amides is 2. The fraction of sp³-hybridized carbons (Fsp3) is 0.286. The van der Waals surface area contributed by atoms with Crippen molar-refractivity contribution >= 4 is 17.8 Å². The number of esters is 1. The Bertz CT molecular complexity index is 788. The van der Waals surface area contributed by atoms with Crippen LogP contribution in [0.2, 0.25) is 0 Å².